The van der Waals surface area contributed by atoms with Crippen molar-refractivity contribution >= 4 is 21.7 Å². The Morgan fingerprint density at radius 3 is 2.84 bits per heavy atom. The number of hydrogen-bond acceptors (Lipinski definition) is 3. The number of halogens is 1. The van der Waals surface area contributed by atoms with Gasteiger partial charge in [0.05, 0.1) is 6.54 Å². The molecule has 0 atom stereocenters. The average Bonchev–Trinajstić information content (AvgIpc) is 2.39. The molecule has 1 aromatic carbocycles. The van der Waals surface area contributed by atoms with E-state index >= 15 is 0 Å². The molecule has 0 spiro atoms. The van der Waals surface area contributed by atoms with Crippen LogP contribution in [0.4, 0.5) is 0 Å². The summed E-state index contributed by atoms with van der Waals surface area (Å²) in [5.74, 6) is 0.838. The Bertz CT molecular complexity index is 430. The van der Waals surface area contributed by atoms with Gasteiger partial charge in [0.2, 0.25) is 0 Å². The molecule has 1 aliphatic rings. The van der Waals surface area contributed by atoms with Crippen molar-refractivity contribution in [3.8, 4) is 0 Å². The first-order valence-electron chi connectivity index (χ1n) is 6.70. The Hall–Kier alpha value is -0.710. The standard InChI is InChI=1S/C15H20BrNO2/c1-17(10-12-5-7-19-8-6-12)11-15(18)13-3-2-4-14(16)9-13/h2-4,9,12H,5-8,10-11H2,1H3. The van der Waals surface area contributed by atoms with Crippen LogP contribution in [0, 0.1) is 5.92 Å². The minimum absolute atomic E-state index is 0.177. The van der Waals surface area contributed by atoms with Gasteiger partial charge in [0.25, 0.3) is 0 Å². The summed E-state index contributed by atoms with van der Waals surface area (Å²) in [5.41, 5.74) is 0.771. The van der Waals surface area contributed by atoms with Crippen LogP contribution in [0.3, 0.4) is 0 Å². The highest BCUT2D eigenvalue weighted by Gasteiger charge is 2.17. The summed E-state index contributed by atoms with van der Waals surface area (Å²) in [7, 11) is 2.02. The first kappa shape index (κ1) is 14.7. The number of nitrogens with zero attached hydrogens (tertiary/aromatic N) is 1. The largest absolute Gasteiger partial charge is 0.381 e. The van der Waals surface area contributed by atoms with Crippen molar-refractivity contribution in [2.75, 3.05) is 33.4 Å². The van der Waals surface area contributed by atoms with Gasteiger partial charge >= 0.3 is 0 Å². The van der Waals surface area contributed by atoms with Crippen molar-refractivity contribution in [1.29, 1.82) is 0 Å². The van der Waals surface area contributed by atoms with Gasteiger partial charge in [-0.1, -0.05) is 28.1 Å². The highest BCUT2D eigenvalue weighted by atomic mass is 79.9. The number of benzene rings is 1. The molecule has 104 valence electrons. The number of ether oxygens (including phenoxy) is 1. The van der Waals surface area contributed by atoms with E-state index in [1.807, 2.05) is 31.3 Å². The minimum atomic E-state index is 0.177. The lowest BCUT2D eigenvalue weighted by molar-refractivity contribution is 0.0549. The molecule has 1 aromatic rings. The molecule has 1 saturated heterocycles. The third-order valence-electron chi connectivity index (χ3n) is 3.47. The monoisotopic (exact) mass is 325 g/mol. The van der Waals surface area contributed by atoms with Crippen LogP contribution in [0.2, 0.25) is 0 Å². The van der Waals surface area contributed by atoms with E-state index in [9.17, 15) is 4.79 Å². The summed E-state index contributed by atoms with van der Waals surface area (Å²) in [6.45, 7) is 3.17. The number of carbonyl (C=O) groups is 1. The van der Waals surface area contributed by atoms with E-state index in [1.54, 1.807) is 0 Å². The summed E-state index contributed by atoms with van der Waals surface area (Å²) in [4.78, 5) is 14.3. The molecular formula is C15H20BrNO2. The molecule has 3 nitrogen and oxygen atoms in total. The third-order valence-corrected chi connectivity index (χ3v) is 3.96. The lowest BCUT2D eigenvalue weighted by atomic mass is 9.99. The maximum atomic E-state index is 12.2. The van der Waals surface area contributed by atoms with Gasteiger partial charge in [-0.3, -0.25) is 9.69 Å². The number of ketones is 1. The number of carbonyl (C=O) groups excluding carboxylic acids is 1. The van der Waals surface area contributed by atoms with Gasteiger partial charge in [0, 0.05) is 29.8 Å². The normalized spacial score (nSPS) is 16.8. The van der Waals surface area contributed by atoms with Crippen LogP contribution in [0.5, 0.6) is 0 Å². The fourth-order valence-electron chi connectivity index (χ4n) is 2.43. The molecule has 0 radical (unpaired) electrons. The fourth-order valence-corrected chi connectivity index (χ4v) is 2.83. The Morgan fingerprint density at radius 2 is 2.16 bits per heavy atom. The lowest BCUT2D eigenvalue weighted by Crippen LogP contribution is -2.33. The maximum absolute atomic E-state index is 12.2. The predicted octanol–water partition coefficient (Wildman–Crippen LogP) is 2.99. The zero-order chi connectivity index (χ0) is 13.7. The van der Waals surface area contributed by atoms with Gasteiger partial charge in [0.15, 0.2) is 5.78 Å². The fraction of sp³-hybridized carbons (Fsp3) is 0.533. The van der Waals surface area contributed by atoms with Crippen molar-refractivity contribution < 1.29 is 9.53 Å². The molecule has 0 aromatic heterocycles. The number of likely N-dealkylation sites (N-methyl/N-ethyl adjacent to an activating group) is 1. The van der Waals surface area contributed by atoms with E-state index in [1.165, 1.54) is 0 Å². The maximum Gasteiger partial charge on any atom is 0.176 e. The predicted molar refractivity (Wildman–Crippen MR) is 79.5 cm³/mol. The van der Waals surface area contributed by atoms with E-state index in [4.69, 9.17) is 4.74 Å². The quantitative estimate of drug-likeness (QED) is 0.779. The van der Waals surface area contributed by atoms with Crippen LogP contribution in [0.1, 0.15) is 23.2 Å². The average molecular weight is 326 g/mol. The van der Waals surface area contributed by atoms with Crippen LogP contribution in [0.15, 0.2) is 28.7 Å². The van der Waals surface area contributed by atoms with Gasteiger partial charge in [-0.25, -0.2) is 0 Å². The number of rotatable bonds is 5. The topological polar surface area (TPSA) is 29.5 Å². The van der Waals surface area contributed by atoms with Crippen molar-refractivity contribution in [2.24, 2.45) is 5.92 Å². The molecule has 4 heteroatoms. The van der Waals surface area contributed by atoms with Gasteiger partial charge < -0.3 is 4.74 Å². The van der Waals surface area contributed by atoms with Crippen molar-refractivity contribution in [1.82, 2.24) is 4.90 Å². The van der Waals surface area contributed by atoms with E-state index < -0.39 is 0 Å². The second-order valence-corrected chi connectivity index (χ2v) is 6.10. The van der Waals surface area contributed by atoms with Gasteiger partial charge in [-0.2, -0.15) is 0 Å². The number of hydrogen-bond donors (Lipinski definition) is 0. The van der Waals surface area contributed by atoms with E-state index in [0.29, 0.717) is 12.5 Å². The molecule has 1 aliphatic heterocycles. The first-order chi connectivity index (χ1) is 9.15. The molecule has 1 heterocycles. The van der Waals surface area contributed by atoms with Gasteiger partial charge in [0.1, 0.15) is 0 Å². The Kier molecular flexibility index (Phi) is 5.55. The van der Waals surface area contributed by atoms with Crippen LogP contribution in [-0.4, -0.2) is 44.0 Å². The Morgan fingerprint density at radius 1 is 1.42 bits per heavy atom. The molecule has 2 rings (SSSR count). The molecule has 0 N–H and O–H groups in total. The minimum Gasteiger partial charge on any atom is -0.381 e. The molecule has 0 amide bonds. The lowest BCUT2D eigenvalue weighted by Gasteiger charge is -2.26. The molecule has 1 fully saturated rings. The molecule has 0 bridgehead atoms. The van der Waals surface area contributed by atoms with E-state index in [-0.39, 0.29) is 5.78 Å². The molecule has 0 unspecified atom stereocenters. The second kappa shape index (κ2) is 7.17. The Labute approximate surface area is 123 Å². The van der Waals surface area contributed by atoms with Crippen LogP contribution >= 0.6 is 15.9 Å². The third kappa shape index (κ3) is 4.71. The zero-order valence-corrected chi connectivity index (χ0v) is 12.9. The van der Waals surface area contributed by atoms with Gasteiger partial charge in [-0.15, -0.1) is 0 Å². The zero-order valence-electron chi connectivity index (χ0n) is 11.3. The first-order valence-corrected chi connectivity index (χ1v) is 7.49. The summed E-state index contributed by atoms with van der Waals surface area (Å²) in [5, 5.41) is 0. The Balaban J connectivity index is 1.84. The van der Waals surface area contributed by atoms with Crippen molar-refractivity contribution in [3.05, 3.63) is 34.3 Å². The highest BCUT2D eigenvalue weighted by Crippen LogP contribution is 2.16. The number of Topliss-reactive ketones (excluding diaryl/α,β-unsaturated/α-hetero) is 1. The summed E-state index contributed by atoms with van der Waals surface area (Å²) in [6, 6.07) is 7.58. The SMILES string of the molecule is CN(CC(=O)c1cccc(Br)c1)CC1CCOCC1. The van der Waals surface area contributed by atoms with E-state index in [0.717, 1.165) is 42.6 Å². The summed E-state index contributed by atoms with van der Waals surface area (Å²) in [6.07, 6.45) is 2.21. The van der Waals surface area contributed by atoms with Crippen molar-refractivity contribution in [2.45, 2.75) is 12.8 Å². The molecule has 0 aliphatic carbocycles. The summed E-state index contributed by atoms with van der Waals surface area (Å²) >= 11 is 3.40. The van der Waals surface area contributed by atoms with Crippen LogP contribution in [-0.2, 0) is 4.74 Å². The van der Waals surface area contributed by atoms with Crippen LogP contribution < -0.4 is 0 Å². The van der Waals surface area contributed by atoms with Crippen molar-refractivity contribution in [3.63, 3.8) is 0 Å². The molecular weight excluding hydrogens is 306 g/mol. The highest BCUT2D eigenvalue weighted by molar-refractivity contribution is 9.10. The summed E-state index contributed by atoms with van der Waals surface area (Å²) < 4.78 is 6.30. The van der Waals surface area contributed by atoms with E-state index in [2.05, 4.69) is 20.8 Å². The molecule has 0 saturated carbocycles. The molecule has 19 heavy (non-hydrogen) atoms. The van der Waals surface area contributed by atoms with Gasteiger partial charge in [-0.05, 0) is 37.9 Å². The second-order valence-electron chi connectivity index (χ2n) is 5.19. The van der Waals surface area contributed by atoms with Crippen LogP contribution in [0.25, 0.3) is 0 Å². The smallest absolute Gasteiger partial charge is 0.176 e.